The molecule has 3 aromatic rings. The number of imide groups is 1. The first kappa shape index (κ1) is 15.3. The SMILES string of the molecule is Cc1ccc2c(CN3C(=O)c4ccccc4C3=O)cc(=O)oc2c1C. The van der Waals surface area contributed by atoms with Crippen molar-refractivity contribution in [2.75, 3.05) is 0 Å². The van der Waals surface area contributed by atoms with Gasteiger partial charge in [-0.1, -0.05) is 24.3 Å². The van der Waals surface area contributed by atoms with Crippen molar-refractivity contribution in [3.05, 3.63) is 80.7 Å². The van der Waals surface area contributed by atoms with E-state index in [9.17, 15) is 14.4 Å². The van der Waals surface area contributed by atoms with E-state index in [1.165, 1.54) is 11.0 Å². The molecule has 25 heavy (non-hydrogen) atoms. The molecule has 1 aliphatic rings. The van der Waals surface area contributed by atoms with Crippen LogP contribution in [-0.4, -0.2) is 16.7 Å². The van der Waals surface area contributed by atoms with Crippen LogP contribution in [-0.2, 0) is 6.54 Å². The molecular weight excluding hydrogens is 318 g/mol. The average Bonchev–Trinajstić information content (AvgIpc) is 2.84. The number of carbonyl (C=O) groups excluding carboxylic acids is 2. The van der Waals surface area contributed by atoms with Crippen LogP contribution in [0.15, 0.2) is 51.7 Å². The standard InChI is InChI=1S/C20H15NO4/c1-11-7-8-14-13(9-17(22)25-18(14)12(11)2)10-21-19(23)15-5-3-4-6-16(15)20(21)24/h3-9H,10H2,1-2H3. The van der Waals surface area contributed by atoms with Gasteiger partial charge in [0.15, 0.2) is 0 Å². The number of carbonyl (C=O) groups is 2. The summed E-state index contributed by atoms with van der Waals surface area (Å²) in [7, 11) is 0. The van der Waals surface area contributed by atoms with Gasteiger partial charge in [0, 0.05) is 11.5 Å². The molecule has 0 spiro atoms. The predicted molar refractivity (Wildman–Crippen MR) is 92.6 cm³/mol. The summed E-state index contributed by atoms with van der Waals surface area (Å²) in [6.45, 7) is 3.86. The fourth-order valence-electron chi connectivity index (χ4n) is 3.21. The first-order valence-corrected chi connectivity index (χ1v) is 7.95. The molecule has 0 N–H and O–H groups in total. The van der Waals surface area contributed by atoms with Crippen molar-refractivity contribution in [3.63, 3.8) is 0 Å². The molecule has 5 nitrogen and oxygen atoms in total. The highest BCUT2D eigenvalue weighted by Crippen LogP contribution is 2.28. The van der Waals surface area contributed by atoms with Gasteiger partial charge in [0.1, 0.15) is 5.58 Å². The Hall–Kier alpha value is -3.21. The number of amides is 2. The van der Waals surface area contributed by atoms with Crippen LogP contribution in [0.3, 0.4) is 0 Å². The highest BCUT2D eigenvalue weighted by molar-refractivity contribution is 6.21. The van der Waals surface area contributed by atoms with Crippen LogP contribution in [0, 0.1) is 13.8 Å². The van der Waals surface area contributed by atoms with Crippen LogP contribution in [0.2, 0.25) is 0 Å². The van der Waals surface area contributed by atoms with Crippen molar-refractivity contribution < 1.29 is 14.0 Å². The molecule has 0 radical (unpaired) electrons. The second kappa shape index (κ2) is 5.41. The summed E-state index contributed by atoms with van der Waals surface area (Å²) in [5.74, 6) is -0.684. The average molecular weight is 333 g/mol. The molecule has 1 aromatic heterocycles. The Morgan fingerprint density at radius 3 is 2.20 bits per heavy atom. The summed E-state index contributed by atoms with van der Waals surface area (Å²) in [6.07, 6.45) is 0. The van der Waals surface area contributed by atoms with Crippen LogP contribution in [0.5, 0.6) is 0 Å². The third kappa shape index (κ3) is 2.28. The van der Waals surface area contributed by atoms with E-state index in [-0.39, 0.29) is 18.4 Å². The summed E-state index contributed by atoms with van der Waals surface area (Å²) in [4.78, 5) is 38.3. The van der Waals surface area contributed by atoms with E-state index in [4.69, 9.17) is 4.42 Å². The van der Waals surface area contributed by atoms with Crippen LogP contribution >= 0.6 is 0 Å². The second-order valence-electron chi connectivity index (χ2n) is 6.22. The van der Waals surface area contributed by atoms with Crippen molar-refractivity contribution in [2.45, 2.75) is 20.4 Å². The van der Waals surface area contributed by atoms with Crippen molar-refractivity contribution in [2.24, 2.45) is 0 Å². The minimum atomic E-state index is -0.493. The van der Waals surface area contributed by atoms with Crippen LogP contribution < -0.4 is 5.63 Å². The smallest absolute Gasteiger partial charge is 0.336 e. The first-order valence-electron chi connectivity index (χ1n) is 7.95. The summed E-state index contributed by atoms with van der Waals surface area (Å²) in [6, 6.07) is 11.9. The lowest BCUT2D eigenvalue weighted by atomic mass is 10.0. The van der Waals surface area contributed by atoms with Crippen LogP contribution in [0.1, 0.15) is 37.4 Å². The zero-order valence-corrected chi connectivity index (χ0v) is 13.8. The third-order valence-corrected chi connectivity index (χ3v) is 4.72. The van der Waals surface area contributed by atoms with Crippen molar-refractivity contribution in [1.29, 1.82) is 0 Å². The Morgan fingerprint density at radius 1 is 0.920 bits per heavy atom. The van der Waals surface area contributed by atoms with Gasteiger partial charge in [-0.2, -0.15) is 0 Å². The molecule has 2 heterocycles. The van der Waals surface area contributed by atoms with E-state index < -0.39 is 5.63 Å². The third-order valence-electron chi connectivity index (χ3n) is 4.72. The number of hydrogen-bond donors (Lipinski definition) is 0. The van der Waals surface area contributed by atoms with Gasteiger partial charge in [-0.05, 0) is 42.7 Å². The van der Waals surface area contributed by atoms with E-state index in [1.54, 1.807) is 24.3 Å². The lowest BCUT2D eigenvalue weighted by Crippen LogP contribution is -2.29. The maximum atomic E-state index is 12.6. The van der Waals surface area contributed by atoms with E-state index in [0.29, 0.717) is 22.3 Å². The monoisotopic (exact) mass is 333 g/mol. The molecule has 4 rings (SSSR count). The Kier molecular flexibility index (Phi) is 3.32. The summed E-state index contributed by atoms with van der Waals surface area (Å²) < 4.78 is 5.35. The number of aryl methyl sites for hydroxylation is 2. The number of rotatable bonds is 2. The number of benzene rings is 2. The molecule has 0 saturated heterocycles. The minimum absolute atomic E-state index is 0.0386. The summed E-state index contributed by atoms with van der Waals surface area (Å²) in [5.41, 5.74) is 3.28. The van der Waals surface area contributed by atoms with Gasteiger partial charge >= 0.3 is 5.63 Å². The molecule has 0 atom stereocenters. The van der Waals surface area contributed by atoms with Gasteiger partial charge in [0.05, 0.1) is 17.7 Å². The van der Waals surface area contributed by atoms with Crippen molar-refractivity contribution in [1.82, 2.24) is 4.90 Å². The maximum absolute atomic E-state index is 12.6. The van der Waals surface area contributed by atoms with Crippen LogP contribution in [0.25, 0.3) is 11.0 Å². The molecule has 0 fully saturated rings. The van der Waals surface area contributed by atoms with Gasteiger partial charge in [0.2, 0.25) is 0 Å². The normalized spacial score (nSPS) is 13.6. The van der Waals surface area contributed by atoms with E-state index in [0.717, 1.165) is 16.5 Å². The van der Waals surface area contributed by atoms with Crippen molar-refractivity contribution in [3.8, 4) is 0 Å². The second-order valence-corrected chi connectivity index (χ2v) is 6.22. The molecular formula is C20H15NO4. The zero-order chi connectivity index (χ0) is 17.7. The molecule has 0 saturated carbocycles. The zero-order valence-electron chi connectivity index (χ0n) is 13.8. The molecule has 2 amide bonds. The summed E-state index contributed by atoms with van der Waals surface area (Å²) >= 11 is 0. The number of nitrogens with zero attached hydrogens (tertiary/aromatic N) is 1. The quantitative estimate of drug-likeness (QED) is 0.533. The summed E-state index contributed by atoms with van der Waals surface area (Å²) in [5, 5.41) is 0.735. The largest absolute Gasteiger partial charge is 0.422 e. The molecule has 0 aliphatic carbocycles. The van der Waals surface area contributed by atoms with Gasteiger partial charge in [-0.25, -0.2) is 4.79 Å². The first-order chi connectivity index (χ1) is 12.0. The van der Waals surface area contributed by atoms with E-state index in [2.05, 4.69) is 0 Å². The molecule has 2 aromatic carbocycles. The van der Waals surface area contributed by atoms with Gasteiger partial charge < -0.3 is 4.42 Å². The van der Waals surface area contributed by atoms with Gasteiger partial charge in [-0.3, -0.25) is 14.5 Å². The molecule has 124 valence electrons. The van der Waals surface area contributed by atoms with Crippen LogP contribution in [0.4, 0.5) is 0 Å². The minimum Gasteiger partial charge on any atom is -0.422 e. The lowest BCUT2D eigenvalue weighted by Gasteiger charge is -2.15. The Labute approximate surface area is 143 Å². The van der Waals surface area contributed by atoms with E-state index in [1.807, 2.05) is 26.0 Å². The maximum Gasteiger partial charge on any atom is 0.336 e. The van der Waals surface area contributed by atoms with Crippen molar-refractivity contribution >= 4 is 22.8 Å². The van der Waals surface area contributed by atoms with Gasteiger partial charge in [-0.15, -0.1) is 0 Å². The molecule has 5 heteroatoms. The fourth-order valence-corrected chi connectivity index (χ4v) is 3.21. The van der Waals surface area contributed by atoms with E-state index >= 15 is 0 Å². The highest BCUT2D eigenvalue weighted by atomic mass is 16.4. The fraction of sp³-hybridized carbons (Fsp3) is 0.150. The topological polar surface area (TPSA) is 67.6 Å². The Morgan fingerprint density at radius 2 is 1.56 bits per heavy atom. The lowest BCUT2D eigenvalue weighted by molar-refractivity contribution is 0.0642. The molecule has 1 aliphatic heterocycles. The Bertz CT molecular complexity index is 1080. The highest BCUT2D eigenvalue weighted by Gasteiger charge is 2.35. The molecule has 0 bridgehead atoms. The predicted octanol–water partition coefficient (Wildman–Crippen LogP) is 3.21. The Balaban J connectivity index is 1.83. The molecule has 0 unspecified atom stereocenters. The van der Waals surface area contributed by atoms with Gasteiger partial charge in [0.25, 0.3) is 11.8 Å². The number of hydrogen-bond acceptors (Lipinski definition) is 4. The number of fused-ring (bicyclic) bond motifs is 2.